The van der Waals surface area contributed by atoms with Gasteiger partial charge in [0.05, 0.1) is 25.4 Å². The van der Waals surface area contributed by atoms with Gasteiger partial charge in [-0.3, -0.25) is 9.59 Å². The molecule has 1 heterocycles. The van der Waals surface area contributed by atoms with E-state index < -0.39 is 67.4 Å². The van der Waals surface area contributed by atoms with Gasteiger partial charge >= 0.3 is 5.97 Å². The number of carbonyl (C=O) groups excluding carboxylic acids is 2. The molecule has 0 radical (unpaired) electrons. The SMILES string of the molecule is CC/C=C\C/C=C\C/C=C\C/C=C\C/C=C\CCCCCCCCCC(=O)OC1C(OCC(NC(=O)C(O)CCCCCCC/C=C\C/C=C\C/C=C\CCCCC)C(O)/C=C/CCCCCCCCCCC)OC(CO)C(O)C1O. The molecule has 464 valence electrons. The molecule has 81 heavy (non-hydrogen) atoms. The standard InChI is InChI=1S/C70H119NO10/c1-4-7-10-13-16-19-22-24-26-28-30-31-32-33-34-36-38-40-43-46-49-52-55-58-65(75)81-68-67(77)66(76)64(59-72)80-70(68)79-60-61(62(73)56-53-50-47-44-41-21-18-15-12-9-6-3)71-69(78)63(74)57-54-51-48-45-42-39-37-35-29-27-25-23-20-17-14-11-8-5-2/h7,10,16-17,19-20,24-27,30-31,33-35,37,53,56,61-64,66-68,70,72-74,76-77H,4-6,8-9,11-15,18,21-23,28-29,32,36,38-52,54-55,57-60H2,1-3H3,(H,71,78)/b10-7-,19-16-,20-17-,26-24-,27-25-,31-30-,34-33-,37-35-,56-53+. The maximum absolute atomic E-state index is 13.4. The van der Waals surface area contributed by atoms with Crippen LogP contribution in [-0.2, 0) is 23.8 Å². The highest BCUT2D eigenvalue weighted by atomic mass is 16.7. The van der Waals surface area contributed by atoms with Crippen molar-refractivity contribution in [1.82, 2.24) is 5.32 Å². The molecule has 1 rings (SSSR count). The summed E-state index contributed by atoms with van der Waals surface area (Å²) >= 11 is 0. The van der Waals surface area contributed by atoms with Crippen LogP contribution < -0.4 is 5.32 Å². The van der Waals surface area contributed by atoms with E-state index in [4.69, 9.17) is 14.2 Å². The van der Waals surface area contributed by atoms with Crippen LogP contribution in [0.5, 0.6) is 0 Å². The second kappa shape index (κ2) is 56.8. The van der Waals surface area contributed by atoms with E-state index in [0.29, 0.717) is 12.8 Å². The molecular formula is C70H119NO10. The van der Waals surface area contributed by atoms with Crippen LogP contribution in [0.3, 0.4) is 0 Å². The molecule has 1 aliphatic heterocycles. The number of hydrogen-bond acceptors (Lipinski definition) is 10. The quantitative estimate of drug-likeness (QED) is 0.0195. The van der Waals surface area contributed by atoms with Gasteiger partial charge in [-0.15, -0.1) is 0 Å². The molecule has 0 spiro atoms. The number of nitrogens with one attached hydrogen (secondary N) is 1. The number of aliphatic hydroxyl groups is 5. The Labute approximate surface area is 494 Å². The third-order valence-corrected chi connectivity index (χ3v) is 14.7. The highest BCUT2D eigenvalue weighted by Crippen LogP contribution is 2.26. The van der Waals surface area contributed by atoms with Gasteiger partial charge in [0.15, 0.2) is 12.4 Å². The molecule has 1 saturated heterocycles. The highest BCUT2D eigenvalue weighted by molar-refractivity contribution is 5.80. The number of esters is 1. The Morgan fingerprint density at radius 2 is 0.889 bits per heavy atom. The van der Waals surface area contributed by atoms with Crippen molar-refractivity contribution in [3.63, 3.8) is 0 Å². The molecule has 0 aromatic rings. The first-order chi connectivity index (χ1) is 39.7. The molecule has 11 heteroatoms. The summed E-state index contributed by atoms with van der Waals surface area (Å²) in [5.41, 5.74) is 0. The molecule has 1 amide bonds. The van der Waals surface area contributed by atoms with Gasteiger partial charge in [-0.25, -0.2) is 0 Å². The van der Waals surface area contributed by atoms with E-state index in [-0.39, 0.29) is 19.4 Å². The molecule has 1 fully saturated rings. The van der Waals surface area contributed by atoms with Gasteiger partial charge in [0.2, 0.25) is 5.91 Å². The van der Waals surface area contributed by atoms with E-state index in [1.54, 1.807) is 6.08 Å². The number of unbranched alkanes of at least 4 members (excludes halogenated alkanes) is 24. The van der Waals surface area contributed by atoms with Gasteiger partial charge < -0.3 is 45.1 Å². The van der Waals surface area contributed by atoms with Gasteiger partial charge in [-0.1, -0.05) is 252 Å². The Balaban J connectivity index is 2.64. The van der Waals surface area contributed by atoms with Crippen LogP contribution in [0, 0.1) is 0 Å². The number of carbonyl (C=O) groups is 2. The van der Waals surface area contributed by atoms with Gasteiger partial charge in [0.25, 0.3) is 0 Å². The topological polar surface area (TPSA) is 175 Å². The molecule has 0 aromatic heterocycles. The predicted molar refractivity (Wildman–Crippen MR) is 338 cm³/mol. The van der Waals surface area contributed by atoms with Crippen molar-refractivity contribution in [2.24, 2.45) is 0 Å². The molecule has 1 aliphatic rings. The zero-order chi connectivity index (χ0) is 58.9. The van der Waals surface area contributed by atoms with Crippen molar-refractivity contribution >= 4 is 11.9 Å². The number of aliphatic hydroxyl groups excluding tert-OH is 5. The molecule has 8 unspecified atom stereocenters. The number of rotatable bonds is 54. The van der Waals surface area contributed by atoms with Crippen molar-refractivity contribution in [2.45, 2.75) is 307 Å². The Morgan fingerprint density at radius 3 is 1.36 bits per heavy atom. The van der Waals surface area contributed by atoms with E-state index in [2.05, 4.69) is 123 Å². The van der Waals surface area contributed by atoms with Gasteiger partial charge in [-0.05, 0) is 109 Å². The highest BCUT2D eigenvalue weighted by Gasteiger charge is 2.47. The Bertz CT molecular complexity index is 1730. The molecule has 11 nitrogen and oxygen atoms in total. The molecule has 8 atom stereocenters. The first-order valence-electron chi connectivity index (χ1n) is 32.7. The normalized spacial score (nSPS) is 19.4. The van der Waals surface area contributed by atoms with E-state index in [0.717, 1.165) is 148 Å². The van der Waals surface area contributed by atoms with E-state index in [9.17, 15) is 35.1 Å². The lowest BCUT2D eigenvalue weighted by Gasteiger charge is -2.41. The van der Waals surface area contributed by atoms with Gasteiger partial charge in [0.1, 0.15) is 24.4 Å². The molecule has 0 saturated carbocycles. The first kappa shape index (κ1) is 75.3. The van der Waals surface area contributed by atoms with Gasteiger partial charge in [-0.2, -0.15) is 0 Å². The summed E-state index contributed by atoms with van der Waals surface area (Å²) in [6.07, 6.45) is 66.9. The van der Waals surface area contributed by atoms with Crippen molar-refractivity contribution < 1.29 is 49.3 Å². The van der Waals surface area contributed by atoms with Crippen LogP contribution in [-0.4, -0.2) is 99.6 Å². The monoisotopic (exact) mass is 1130 g/mol. The summed E-state index contributed by atoms with van der Waals surface area (Å²) in [4.78, 5) is 26.6. The summed E-state index contributed by atoms with van der Waals surface area (Å²) in [5.74, 6) is -1.22. The average molecular weight is 1130 g/mol. The fourth-order valence-corrected chi connectivity index (χ4v) is 9.51. The Kier molecular flexibility index (Phi) is 52.8. The fourth-order valence-electron chi connectivity index (χ4n) is 9.51. The van der Waals surface area contributed by atoms with Crippen molar-refractivity contribution in [1.29, 1.82) is 0 Å². The molecule has 6 N–H and O–H groups in total. The van der Waals surface area contributed by atoms with Crippen LogP contribution in [0.2, 0.25) is 0 Å². The summed E-state index contributed by atoms with van der Waals surface area (Å²) in [6, 6.07) is -1.04. The third-order valence-electron chi connectivity index (χ3n) is 14.7. The van der Waals surface area contributed by atoms with Gasteiger partial charge in [0, 0.05) is 6.42 Å². The summed E-state index contributed by atoms with van der Waals surface area (Å²) in [5, 5.41) is 57.0. The number of allylic oxidation sites excluding steroid dienone is 17. The zero-order valence-electron chi connectivity index (χ0n) is 51.4. The molecular weight excluding hydrogens is 1010 g/mol. The molecule has 0 aliphatic carbocycles. The second-order valence-corrected chi connectivity index (χ2v) is 22.1. The minimum Gasteiger partial charge on any atom is -0.454 e. The number of ether oxygens (including phenoxy) is 3. The number of hydrogen-bond donors (Lipinski definition) is 6. The molecule has 0 bridgehead atoms. The summed E-state index contributed by atoms with van der Waals surface area (Å²) in [7, 11) is 0. The zero-order valence-corrected chi connectivity index (χ0v) is 51.4. The predicted octanol–water partition coefficient (Wildman–Crippen LogP) is 16.1. The van der Waals surface area contributed by atoms with Crippen LogP contribution in [0.4, 0.5) is 0 Å². The van der Waals surface area contributed by atoms with Crippen LogP contribution in [0.15, 0.2) is 109 Å². The van der Waals surface area contributed by atoms with Crippen LogP contribution >= 0.6 is 0 Å². The summed E-state index contributed by atoms with van der Waals surface area (Å²) < 4.78 is 17.6. The number of amides is 1. The van der Waals surface area contributed by atoms with E-state index in [1.807, 2.05) is 6.08 Å². The maximum Gasteiger partial charge on any atom is 0.306 e. The van der Waals surface area contributed by atoms with Crippen molar-refractivity contribution in [3.8, 4) is 0 Å². The second-order valence-electron chi connectivity index (χ2n) is 22.1. The lowest BCUT2D eigenvalue weighted by Crippen LogP contribution is -2.61. The lowest BCUT2D eigenvalue weighted by molar-refractivity contribution is -0.305. The maximum atomic E-state index is 13.4. The lowest BCUT2D eigenvalue weighted by atomic mass is 9.99. The van der Waals surface area contributed by atoms with Crippen molar-refractivity contribution in [3.05, 3.63) is 109 Å². The Hall–Kier alpha value is -3.68. The third kappa shape index (κ3) is 44.5. The van der Waals surface area contributed by atoms with E-state index >= 15 is 0 Å². The van der Waals surface area contributed by atoms with Crippen LogP contribution in [0.1, 0.15) is 258 Å². The van der Waals surface area contributed by atoms with E-state index in [1.165, 1.54) is 64.2 Å². The smallest absolute Gasteiger partial charge is 0.306 e. The minimum atomic E-state index is -1.63. The molecule has 0 aromatic carbocycles. The first-order valence-corrected chi connectivity index (χ1v) is 32.7. The van der Waals surface area contributed by atoms with Crippen molar-refractivity contribution in [2.75, 3.05) is 13.2 Å². The fraction of sp³-hybridized carbons (Fsp3) is 0.714. The summed E-state index contributed by atoms with van der Waals surface area (Å²) in [6.45, 7) is 5.63. The largest absolute Gasteiger partial charge is 0.454 e. The Morgan fingerprint density at radius 1 is 0.494 bits per heavy atom. The minimum absolute atomic E-state index is 0.103. The average Bonchev–Trinajstić information content (AvgIpc) is 3.50. The van der Waals surface area contributed by atoms with Crippen LogP contribution in [0.25, 0.3) is 0 Å².